The van der Waals surface area contributed by atoms with Crippen LogP contribution in [0.15, 0.2) is 28.7 Å². The molecule has 1 amide bonds. The fourth-order valence-electron chi connectivity index (χ4n) is 2.54. The molecule has 0 bridgehead atoms. The third-order valence-electron chi connectivity index (χ3n) is 3.62. The summed E-state index contributed by atoms with van der Waals surface area (Å²) in [5.41, 5.74) is 0.779. The maximum absolute atomic E-state index is 12.1. The van der Waals surface area contributed by atoms with Gasteiger partial charge in [0.2, 0.25) is 11.7 Å². The summed E-state index contributed by atoms with van der Waals surface area (Å²) in [7, 11) is -3.36. The van der Waals surface area contributed by atoms with Crippen molar-refractivity contribution in [1.29, 1.82) is 0 Å². The predicted octanol–water partition coefficient (Wildman–Crippen LogP) is 1.65. The zero-order valence-corrected chi connectivity index (χ0v) is 12.2. The smallest absolute Gasteiger partial charge is 0.371 e. The second kappa shape index (κ2) is 5.13. The van der Waals surface area contributed by atoms with Gasteiger partial charge in [0.25, 0.3) is 0 Å². The van der Waals surface area contributed by atoms with Crippen LogP contribution < -0.4 is 5.32 Å². The molecule has 3 rings (SSSR count). The Hall–Kier alpha value is -2.35. The van der Waals surface area contributed by atoms with Gasteiger partial charge in [-0.05, 0) is 37.1 Å². The van der Waals surface area contributed by atoms with E-state index in [4.69, 9.17) is 9.52 Å². The summed E-state index contributed by atoms with van der Waals surface area (Å²) in [5, 5.41) is 10.9. The van der Waals surface area contributed by atoms with Crippen molar-refractivity contribution in [3.8, 4) is 0 Å². The molecule has 1 aliphatic rings. The van der Waals surface area contributed by atoms with Crippen molar-refractivity contribution in [1.82, 2.24) is 0 Å². The van der Waals surface area contributed by atoms with Crippen molar-refractivity contribution in [2.24, 2.45) is 0 Å². The number of fused-ring (bicyclic) bond motifs is 1. The Labute approximate surface area is 125 Å². The Bertz CT molecular complexity index is 867. The van der Waals surface area contributed by atoms with E-state index in [9.17, 15) is 18.0 Å². The standard InChI is InChI=1S/C14H13NO6S/c16-13(12-2-1-5-22(12,19)20)15-9-3-4-10-8(6-9)7-11(21-10)14(17)18/h3-4,6-7,12H,1-2,5H2,(H,15,16)(H,17,18). The Kier molecular flexibility index (Phi) is 3.40. The highest BCUT2D eigenvalue weighted by Crippen LogP contribution is 2.25. The van der Waals surface area contributed by atoms with Crippen LogP contribution in [-0.2, 0) is 14.6 Å². The zero-order valence-electron chi connectivity index (χ0n) is 11.4. The summed E-state index contributed by atoms with van der Waals surface area (Å²) >= 11 is 0. The Balaban J connectivity index is 1.85. The van der Waals surface area contributed by atoms with E-state index in [1.807, 2.05) is 0 Å². The number of sulfone groups is 1. The molecule has 0 spiro atoms. The van der Waals surface area contributed by atoms with Crippen molar-refractivity contribution in [2.45, 2.75) is 18.1 Å². The molecule has 2 aromatic rings. The van der Waals surface area contributed by atoms with E-state index in [1.165, 1.54) is 18.2 Å². The van der Waals surface area contributed by atoms with Crippen LogP contribution in [0, 0.1) is 0 Å². The van der Waals surface area contributed by atoms with E-state index in [1.54, 1.807) is 6.07 Å². The molecule has 1 aromatic heterocycles. The molecule has 116 valence electrons. The van der Waals surface area contributed by atoms with E-state index >= 15 is 0 Å². The van der Waals surface area contributed by atoms with Crippen LogP contribution in [0.1, 0.15) is 23.4 Å². The summed E-state index contributed by atoms with van der Waals surface area (Å²) in [4.78, 5) is 22.9. The first-order valence-electron chi connectivity index (χ1n) is 6.66. The zero-order chi connectivity index (χ0) is 15.9. The predicted molar refractivity (Wildman–Crippen MR) is 78.6 cm³/mol. The van der Waals surface area contributed by atoms with Crippen LogP contribution in [0.4, 0.5) is 5.69 Å². The van der Waals surface area contributed by atoms with E-state index < -0.39 is 27.0 Å². The molecule has 0 aliphatic carbocycles. The largest absolute Gasteiger partial charge is 0.475 e. The number of carbonyl (C=O) groups excluding carboxylic acids is 1. The first kappa shape index (κ1) is 14.6. The number of carboxylic acid groups (broad SMARTS) is 1. The molecule has 1 atom stereocenters. The van der Waals surface area contributed by atoms with Crippen molar-refractivity contribution < 1.29 is 27.5 Å². The van der Waals surface area contributed by atoms with Crippen LogP contribution in [0.25, 0.3) is 11.0 Å². The molecule has 22 heavy (non-hydrogen) atoms. The fraction of sp³-hybridized carbons (Fsp3) is 0.286. The van der Waals surface area contributed by atoms with Crippen LogP contribution in [0.2, 0.25) is 0 Å². The minimum Gasteiger partial charge on any atom is -0.475 e. The summed E-state index contributed by atoms with van der Waals surface area (Å²) in [6.07, 6.45) is 0.814. The van der Waals surface area contributed by atoms with Gasteiger partial charge in [-0.1, -0.05) is 0 Å². The maximum atomic E-state index is 12.1. The Morgan fingerprint density at radius 1 is 1.27 bits per heavy atom. The number of hydrogen-bond acceptors (Lipinski definition) is 5. The van der Waals surface area contributed by atoms with Gasteiger partial charge in [-0.15, -0.1) is 0 Å². The van der Waals surface area contributed by atoms with Crippen LogP contribution >= 0.6 is 0 Å². The molecule has 1 aliphatic heterocycles. The summed E-state index contributed by atoms with van der Waals surface area (Å²) in [6, 6.07) is 5.96. The SMILES string of the molecule is O=C(O)c1cc2cc(NC(=O)C3CCCS3(=O)=O)ccc2o1. The normalized spacial score (nSPS) is 20.1. The van der Waals surface area contributed by atoms with E-state index in [0.29, 0.717) is 29.5 Å². The number of amides is 1. The lowest BCUT2D eigenvalue weighted by molar-refractivity contribution is -0.115. The van der Waals surface area contributed by atoms with Gasteiger partial charge in [0.1, 0.15) is 10.8 Å². The van der Waals surface area contributed by atoms with Crippen LogP contribution in [0.3, 0.4) is 0 Å². The van der Waals surface area contributed by atoms with E-state index in [2.05, 4.69) is 5.32 Å². The number of benzene rings is 1. The van der Waals surface area contributed by atoms with Gasteiger partial charge in [0.05, 0.1) is 5.75 Å². The van der Waals surface area contributed by atoms with E-state index in [-0.39, 0.29) is 11.5 Å². The van der Waals surface area contributed by atoms with Gasteiger partial charge in [0.15, 0.2) is 9.84 Å². The molecule has 2 heterocycles. The highest BCUT2D eigenvalue weighted by atomic mass is 32.2. The number of hydrogen-bond donors (Lipinski definition) is 2. The average molecular weight is 323 g/mol. The Morgan fingerprint density at radius 3 is 2.68 bits per heavy atom. The summed E-state index contributed by atoms with van der Waals surface area (Å²) in [6.45, 7) is 0. The van der Waals surface area contributed by atoms with Crippen molar-refractivity contribution >= 4 is 38.4 Å². The molecular weight excluding hydrogens is 310 g/mol. The van der Waals surface area contributed by atoms with Gasteiger partial charge in [-0.25, -0.2) is 13.2 Å². The molecule has 1 fully saturated rings. The molecular formula is C14H13NO6S. The molecule has 0 saturated carbocycles. The molecule has 1 saturated heterocycles. The molecule has 7 nitrogen and oxygen atoms in total. The number of nitrogens with one attached hydrogen (secondary N) is 1. The first-order valence-corrected chi connectivity index (χ1v) is 8.38. The minimum atomic E-state index is -3.36. The van der Waals surface area contributed by atoms with Gasteiger partial charge >= 0.3 is 5.97 Å². The quantitative estimate of drug-likeness (QED) is 0.887. The lowest BCUT2D eigenvalue weighted by Gasteiger charge is -2.10. The number of aromatic carboxylic acids is 1. The molecule has 1 unspecified atom stereocenters. The average Bonchev–Trinajstić information content (AvgIpc) is 3.00. The number of anilines is 1. The van der Waals surface area contributed by atoms with Crippen molar-refractivity contribution in [3.05, 3.63) is 30.0 Å². The number of carbonyl (C=O) groups is 2. The van der Waals surface area contributed by atoms with Crippen LogP contribution in [-0.4, -0.2) is 36.4 Å². The van der Waals surface area contributed by atoms with Crippen molar-refractivity contribution in [2.75, 3.05) is 11.1 Å². The number of rotatable bonds is 3. The number of carboxylic acids is 1. The van der Waals surface area contributed by atoms with Gasteiger partial charge in [-0.2, -0.15) is 0 Å². The monoisotopic (exact) mass is 323 g/mol. The maximum Gasteiger partial charge on any atom is 0.371 e. The second-order valence-corrected chi connectivity index (χ2v) is 7.46. The second-order valence-electron chi connectivity index (χ2n) is 5.16. The molecule has 2 N–H and O–H groups in total. The molecule has 0 radical (unpaired) electrons. The first-order chi connectivity index (χ1) is 10.4. The summed E-state index contributed by atoms with van der Waals surface area (Å²) in [5.74, 6) is -1.90. The fourth-order valence-corrected chi connectivity index (χ4v) is 4.30. The third kappa shape index (κ3) is 2.57. The molecule has 8 heteroatoms. The van der Waals surface area contributed by atoms with Crippen LogP contribution in [0.5, 0.6) is 0 Å². The lowest BCUT2D eigenvalue weighted by Crippen LogP contribution is -2.31. The Morgan fingerprint density at radius 2 is 2.05 bits per heavy atom. The lowest BCUT2D eigenvalue weighted by atomic mass is 10.2. The van der Waals surface area contributed by atoms with Gasteiger partial charge < -0.3 is 14.8 Å². The minimum absolute atomic E-state index is 0.0355. The van der Waals surface area contributed by atoms with Crippen molar-refractivity contribution in [3.63, 3.8) is 0 Å². The summed E-state index contributed by atoms with van der Waals surface area (Å²) < 4.78 is 28.6. The van der Waals surface area contributed by atoms with E-state index in [0.717, 1.165) is 0 Å². The van der Waals surface area contributed by atoms with Gasteiger partial charge in [-0.3, -0.25) is 4.79 Å². The van der Waals surface area contributed by atoms with Gasteiger partial charge in [0, 0.05) is 11.1 Å². The number of furan rings is 1. The topological polar surface area (TPSA) is 114 Å². The highest BCUT2D eigenvalue weighted by Gasteiger charge is 2.37. The third-order valence-corrected chi connectivity index (χ3v) is 5.79. The molecule has 1 aromatic carbocycles. The highest BCUT2D eigenvalue weighted by molar-refractivity contribution is 7.93.